The van der Waals surface area contributed by atoms with E-state index in [4.69, 9.17) is 4.74 Å². The molecule has 216 valence electrons. The largest absolute Gasteiger partial charge is 0.494 e. The number of amides is 1. The Labute approximate surface area is 249 Å². The fourth-order valence-electron chi connectivity index (χ4n) is 4.46. The molecule has 2 aromatic carbocycles. The number of aliphatic hydroxyl groups is 1. The van der Waals surface area contributed by atoms with E-state index in [1.165, 1.54) is 39.2 Å². The Kier molecular flexibility index (Phi) is 8.88. The standard InChI is InChI=1S/C30H30F3IN4O3/c1-6-17-7-9-18(10-8-17)27-25(34)21(29(3,4)40)14-23(36-27)22(30(31,32)33)15-35-28(39)20-12-19-11-16(2)37-38-26(19)24(13-20)41-5/h7-14,22,40H,6,15H2,1-5H3,(H,35,39)/t22-/m1/s1. The van der Waals surface area contributed by atoms with Crippen molar-refractivity contribution in [3.8, 4) is 17.0 Å². The van der Waals surface area contributed by atoms with Gasteiger partial charge in [0.2, 0.25) is 0 Å². The molecule has 2 N–H and O–H groups in total. The number of ether oxygens (including phenoxy) is 1. The molecule has 0 fully saturated rings. The normalized spacial score (nSPS) is 12.8. The molecule has 0 bridgehead atoms. The van der Waals surface area contributed by atoms with Crippen LogP contribution in [0, 0.1) is 10.5 Å². The van der Waals surface area contributed by atoms with Gasteiger partial charge >= 0.3 is 6.18 Å². The van der Waals surface area contributed by atoms with Crippen LogP contribution in [0.1, 0.15) is 59.6 Å². The zero-order valence-corrected chi connectivity index (χ0v) is 25.4. The van der Waals surface area contributed by atoms with Crippen LogP contribution in [0.3, 0.4) is 0 Å². The summed E-state index contributed by atoms with van der Waals surface area (Å²) in [6, 6.07) is 13.4. The number of aromatic nitrogens is 3. The SMILES string of the molecule is CCc1ccc(-c2nc([C@@H](CNC(=O)c3cc(OC)c4nnc(C)cc4c3)C(F)(F)F)cc(C(C)(C)O)c2I)cc1. The van der Waals surface area contributed by atoms with E-state index in [-0.39, 0.29) is 17.0 Å². The first-order valence-corrected chi connectivity index (χ1v) is 14.0. The Bertz CT molecular complexity index is 1590. The van der Waals surface area contributed by atoms with Crippen LogP contribution in [0.15, 0.2) is 48.5 Å². The lowest BCUT2D eigenvalue weighted by Crippen LogP contribution is -2.36. The van der Waals surface area contributed by atoms with Crippen LogP contribution >= 0.6 is 22.6 Å². The third-order valence-electron chi connectivity index (χ3n) is 6.75. The van der Waals surface area contributed by atoms with Gasteiger partial charge in [0.25, 0.3) is 5.91 Å². The Hall–Kier alpha value is -3.32. The van der Waals surface area contributed by atoms with Crippen LogP contribution in [-0.4, -0.2) is 46.0 Å². The minimum atomic E-state index is -4.74. The summed E-state index contributed by atoms with van der Waals surface area (Å²) in [5.74, 6) is -2.56. The minimum Gasteiger partial charge on any atom is -0.494 e. The maximum Gasteiger partial charge on any atom is 0.398 e. The second-order valence-corrected chi connectivity index (χ2v) is 11.4. The average Bonchev–Trinajstić information content (AvgIpc) is 2.91. The van der Waals surface area contributed by atoms with Crippen molar-refractivity contribution in [2.45, 2.75) is 51.8 Å². The van der Waals surface area contributed by atoms with Crippen molar-refractivity contribution >= 4 is 39.4 Å². The molecule has 0 unspecified atom stereocenters. The number of halogens is 4. The van der Waals surface area contributed by atoms with Crippen LogP contribution < -0.4 is 10.1 Å². The van der Waals surface area contributed by atoms with E-state index in [0.717, 1.165) is 12.0 Å². The van der Waals surface area contributed by atoms with Gasteiger partial charge in [0.15, 0.2) is 0 Å². The number of carbonyl (C=O) groups is 1. The molecule has 0 saturated carbocycles. The van der Waals surface area contributed by atoms with Crippen LogP contribution in [0.5, 0.6) is 5.75 Å². The number of methoxy groups -OCH3 is 1. The van der Waals surface area contributed by atoms with Crippen molar-refractivity contribution < 1.29 is 27.8 Å². The third-order valence-corrected chi connectivity index (χ3v) is 7.84. The van der Waals surface area contributed by atoms with E-state index in [9.17, 15) is 23.1 Å². The van der Waals surface area contributed by atoms with Gasteiger partial charge in [-0.1, -0.05) is 31.2 Å². The van der Waals surface area contributed by atoms with E-state index in [1.54, 1.807) is 13.0 Å². The van der Waals surface area contributed by atoms with E-state index in [1.807, 2.05) is 53.8 Å². The van der Waals surface area contributed by atoms with Gasteiger partial charge in [-0.15, -0.1) is 5.10 Å². The molecule has 2 aromatic heterocycles. The predicted molar refractivity (Wildman–Crippen MR) is 159 cm³/mol. The lowest BCUT2D eigenvalue weighted by molar-refractivity contribution is -0.149. The molecule has 0 aliphatic heterocycles. The Balaban J connectivity index is 1.73. The number of alkyl halides is 3. The number of aryl methyl sites for hydroxylation is 2. The number of carbonyl (C=O) groups excluding carboxylic acids is 1. The van der Waals surface area contributed by atoms with E-state index >= 15 is 0 Å². The monoisotopic (exact) mass is 678 g/mol. The first kappa shape index (κ1) is 30.6. The highest BCUT2D eigenvalue weighted by Gasteiger charge is 2.43. The van der Waals surface area contributed by atoms with E-state index < -0.39 is 30.1 Å². The lowest BCUT2D eigenvalue weighted by atomic mass is 9.92. The highest BCUT2D eigenvalue weighted by molar-refractivity contribution is 14.1. The molecule has 4 aromatic rings. The van der Waals surface area contributed by atoms with Crippen molar-refractivity contribution in [1.29, 1.82) is 0 Å². The van der Waals surface area contributed by atoms with Crippen molar-refractivity contribution in [2.24, 2.45) is 0 Å². The second-order valence-electron chi connectivity index (χ2n) is 10.3. The summed E-state index contributed by atoms with van der Waals surface area (Å²) >= 11 is 2.01. The number of pyridine rings is 1. The van der Waals surface area contributed by atoms with Gasteiger partial charge in [0.05, 0.1) is 29.8 Å². The summed E-state index contributed by atoms with van der Waals surface area (Å²) in [6.07, 6.45) is -3.92. The zero-order chi connectivity index (χ0) is 30.1. The van der Waals surface area contributed by atoms with Crippen LogP contribution in [0.2, 0.25) is 0 Å². The van der Waals surface area contributed by atoms with Crippen molar-refractivity contribution in [3.05, 3.63) is 80.2 Å². The number of benzene rings is 2. The number of nitrogens with one attached hydrogen (secondary N) is 1. The molecule has 11 heteroatoms. The number of hydrogen-bond donors (Lipinski definition) is 2. The number of hydrogen-bond acceptors (Lipinski definition) is 6. The quantitative estimate of drug-likeness (QED) is 0.207. The average molecular weight is 678 g/mol. The molecule has 4 rings (SSSR count). The number of fused-ring (bicyclic) bond motifs is 1. The maximum absolute atomic E-state index is 14.5. The molecule has 41 heavy (non-hydrogen) atoms. The summed E-state index contributed by atoms with van der Waals surface area (Å²) in [5.41, 5.74) is 1.78. The lowest BCUT2D eigenvalue weighted by Gasteiger charge is -2.26. The van der Waals surface area contributed by atoms with Gasteiger partial charge in [-0.25, -0.2) is 0 Å². The maximum atomic E-state index is 14.5. The first-order chi connectivity index (χ1) is 19.2. The Morgan fingerprint density at radius 2 is 1.78 bits per heavy atom. The Morgan fingerprint density at radius 1 is 1.10 bits per heavy atom. The molecule has 7 nitrogen and oxygen atoms in total. The molecule has 0 aliphatic carbocycles. The second kappa shape index (κ2) is 11.9. The Morgan fingerprint density at radius 3 is 2.37 bits per heavy atom. The molecule has 0 radical (unpaired) electrons. The molecule has 0 spiro atoms. The van der Waals surface area contributed by atoms with Gasteiger partial charge in [0, 0.05) is 32.2 Å². The number of rotatable bonds is 8. The molecule has 1 amide bonds. The first-order valence-electron chi connectivity index (χ1n) is 12.9. The van der Waals surface area contributed by atoms with Crippen LogP contribution in [0.4, 0.5) is 13.2 Å². The molecule has 0 aliphatic rings. The zero-order valence-electron chi connectivity index (χ0n) is 23.2. The smallest absolute Gasteiger partial charge is 0.398 e. The summed E-state index contributed by atoms with van der Waals surface area (Å²) in [6.45, 7) is 6.02. The summed E-state index contributed by atoms with van der Waals surface area (Å²) in [7, 11) is 1.41. The highest BCUT2D eigenvalue weighted by atomic mass is 127. The van der Waals surface area contributed by atoms with Crippen LogP contribution in [-0.2, 0) is 12.0 Å². The molecule has 0 saturated heterocycles. The van der Waals surface area contributed by atoms with Crippen molar-refractivity contribution in [1.82, 2.24) is 20.5 Å². The highest BCUT2D eigenvalue weighted by Crippen LogP contribution is 2.39. The molecule has 1 atom stereocenters. The summed E-state index contributed by atoms with van der Waals surface area (Å²) in [4.78, 5) is 17.5. The topological polar surface area (TPSA) is 97.2 Å². The number of nitrogens with zero attached hydrogens (tertiary/aromatic N) is 3. The van der Waals surface area contributed by atoms with Gasteiger partial charge in [0.1, 0.15) is 17.2 Å². The fourth-order valence-corrected chi connectivity index (χ4v) is 5.71. The van der Waals surface area contributed by atoms with Crippen molar-refractivity contribution in [2.75, 3.05) is 13.7 Å². The van der Waals surface area contributed by atoms with E-state index in [0.29, 0.717) is 37.0 Å². The molecule has 2 heterocycles. The summed E-state index contributed by atoms with van der Waals surface area (Å²) < 4.78 is 49.4. The fraction of sp³-hybridized carbons (Fsp3) is 0.333. The molecular formula is C30H30F3IN4O3. The van der Waals surface area contributed by atoms with E-state index in [2.05, 4.69) is 20.5 Å². The predicted octanol–water partition coefficient (Wildman–Crippen LogP) is 6.48. The van der Waals surface area contributed by atoms with Gasteiger partial charge < -0.3 is 15.2 Å². The summed E-state index contributed by atoms with van der Waals surface area (Å²) in [5, 5.41) is 21.9. The van der Waals surface area contributed by atoms with Crippen molar-refractivity contribution in [3.63, 3.8) is 0 Å². The van der Waals surface area contributed by atoms with Gasteiger partial charge in [-0.05, 0) is 79.6 Å². The van der Waals surface area contributed by atoms with Gasteiger partial charge in [-0.2, -0.15) is 18.3 Å². The van der Waals surface area contributed by atoms with Gasteiger partial charge in [-0.3, -0.25) is 9.78 Å². The minimum absolute atomic E-state index is 0.118. The molecular weight excluding hydrogens is 648 g/mol. The third kappa shape index (κ3) is 6.78. The van der Waals surface area contributed by atoms with Crippen LogP contribution in [0.25, 0.3) is 22.2 Å².